The monoisotopic (exact) mass is 579 g/mol. The quantitative estimate of drug-likeness (QED) is 0.181. The van der Waals surface area contributed by atoms with E-state index in [0.29, 0.717) is 63.3 Å². The number of amides is 2. The van der Waals surface area contributed by atoms with Crippen LogP contribution in [0.4, 0.5) is 0 Å². The Morgan fingerprint density at radius 2 is 1.93 bits per heavy atom. The van der Waals surface area contributed by atoms with Crippen molar-refractivity contribution >= 4 is 11.8 Å². The van der Waals surface area contributed by atoms with Crippen molar-refractivity contribution in [1.82, 2.24) is 36.4 Å². The number of nitrogens with one attached hydrogen (secondary N) is 5. The maximum absolute atomic E-state index is 13.1. The lowest BCUT2D eigenvalue weighted by Gasteiger charge is -2.45. The molecule has 0 radical (unpaired) electrons. The first-order chi connectivity index (χ1) is 19.7. The van der Waals surface area contributed by atoms with Gasteiger partial charge in [-0.15, -0.1) is 0 Å². The molecule has 0 aromatic carbocycles. The molecule has 5 aliphatic rings. The molecule has 5 rings (SSSR count). The van der Waals surface area contributed by atoms with Crippen molar-refractivity contribution in [3.8, 4) is 0 Å². The van der Waals surface area contributed by atoms with E-state index < -0.39 is 6.10 Å². The van der Waals surface area contributed by atoms with Gasteiger partial charge < -0.3 is 29.7 Å². The Morgan fingerprint density at radius 1 is 1.10 bits per heavy atom. The van der Waals surface area contributed by atoms with Crippen LogP contribution in [0.15, 0.2) is 0 Å². The summed E-state index contributed by atoms with van der Waals surface area (Å²) in [6, 6.07) is -0.106. The Morgan fingerprint density at radius 3 is 2.66 bits per heavy atom. The van der Waals surface area contributed by atoms with Crippen LogP contribution in [0.3, 0.4) is 0 Å². The maximum Gasteiger partial charge on any atom is 0.237 e. The van der Waals surface area contributed by atoms with E-state index in [2.05, 4.69) is 45.3 Å². The summed E-state index contributed by atoms with van der Waals surface area (Å²) in [5, 5.41) is 27.6. The molecule has 8 atom stereocenters. The second-order valence-corrected chi connectivity index (χ2v) is 13.3. The number of ether oxygens (including phenoxy) is 2. The van der Waals surface area contributed by atoms with Gasteiger partial charge in [0.15, 0.2) is 0 Å². The Hall–Kier alpha value is -1.38. The molecule has 6 N–H and O–H groups in total. The first-order valence-corrected chi connectivity index (χ1v) is 15.9. The van der Waals surface area contributed by atoms with Gasteiger partial charge in [-0.1, -0.05) is 13.8 Å². The molecule has 0 spiro atoms. The van der Waals surface area contributed by atoms with Crippen molar-refractivity contribution in [3.63, 3.8) is 0 Å². The Balaban J connectivity index is 1.00. The van der Waals surface area contributed by atoms with Crippen LogP contribution in [0.1, 0.15) is 52.9 Å². The maximum atomic E-state index is 13.1. The summed E-state index contributed by atoms with van der Waals surface area (Å²) in [6.07, 6.45) is 5.05. The lowest BCUT2D eigenvalue weighted by Crippen LogP contribution is -2.71. The molecular weight excluding hydrogens is 526 g/mol. The molecule has 2 amide bonds. The molecule has 234 valence electrons. The molecule has 0 bridgehead atoms. The topological polar surface area (TPSA) is 139 Å². The largest absolute Gasteiger partial charge is 0.390 e. The van der Waals surface area contributed by atoms with Gasteiger partial charge in [0.1, 0.15) is 0 Å². The van der Waals surface area contributed by atoms with Gasteiger partial charge in [-0.3, -0.25) is 30.9 Å². The lowest BCUT2D eigenvalue weighted by molar-refractivity contribution is -0.133. The summed E-state index contributed by atoms with van der Waals surface area (Å²) >= 11 is 0. The van der Waals surface area contributed by atoms with Gasteiger partial charge in [-0.25, -0.2) is 0 Å². The van der Waals surface area contributed by atoms with Gasteiger partial charge in [0.05, 0.1) is 50.0 Å². The van der Waals surface area contributed by atoms with Gasteiger partial charge in [0.2, 0.25) is 11.8 Å². The number of hydrogen-bond donors (Lipinski definition) is 6. The van der Waals surface area contributed by atoms with E-state index >= 15 is 0 Å². The molecule has 12 nitrogen and oxygen atoms in total. The van der Waals surface area contributed by atoms with Crippen molar-refractivity contribution in [3.05, 3.63) is 0 Å². The van der Waals surface area contributed by atoms with Crippen LogP contribution in [0, 0.1) is 17.8 Å². The predicted molar refractivity (Wildman–Crippen MR) is 155 cm³/mol. The van der Waals surface area contributed by atoms with E-state index in [-0.39, 0.29) is 48.9 Å². The number of likely N-dealkylation sites (tertiary alicyclic amines) is 2. The highest BCUT2D eigenvalue weighted by molar-refractivity contribution is 5.82. The highest BCUT2D eigenvalue weighted by atomic mass is 16.5. The number of rotatable bonds is 11. The third-order valence-corrected chi connectivity index (χ3v) is 9.67. The average Bonchev–Trinajstić information content (AvgIpc) is 3.45. The highest BCUT2D eigenvalue weighted by Crippen LogP contribution is 2.37. The Bertz CT molecular complexity index is 868. The van der Waals surface area contributed by atoms with Crippen molar-refractivity contribution < 1.29 is 24.2 Å². The molecule has 1 saturated carbocycles. The summed E-state index contributed by atoms with van der Waals surface area (Å²) in [4.78, 5) is 28.9. The van der Waals surface area contributed by atoms with Gasteiger partial charge in [0, 0.05) is 58.7 Å². The van der Waals surface area contributed by atoms with Crippen molar-refractivity contribution in [2.24, 2.45) is 17.8 Å². The van der Waals surface area contributed by atoms with E-state index in [1.165, 1.54) is 6.42 Å². The normalized spacial score (nSPS) is 35.6. The Labute approximate surface area is 245 Å². The van der Waals surface area contributed by atoms with Crippen molar-refractivity contribution in [2.45, 2.75) is 95.6 Å². The second-order valence-electron chi connectivity index (χ2n) is 13.3. The molecule has 4 heterocycles. The molecule has 4 aliphatic heterocycles. The molecule has 0 aromatic heterocycles. The average molecular weight is 580 g/mol. The van der Waals surface area contributed by atoms with Crippen LogP contribution in [-0.4, -0.2) is 129 Å². The van der Waals surface area contributed by atoms with E-state index in [1.54, 1.807) is 6.92 Å². The van der Waals surface area contributed by atoms with Crippen LogP contribution in [0.2, 0.25) is 0 Å². The zero-order chi connectivity index (χ0) is 28.9. The number of carbonyl (C=O) groups is 2. The highest BCUT2D eigenvalue weighted by Gasteiger charge is 2.38. The van der Waals surface area contributed by atoms with Gasteiger partial charge in [-0.05, 0) is 50.0 Å². The number of aliphatic hydroxyl groups is 1. The molecule has 41 heavy (non-hydrogen) atoms. The van der Waals surface area contributed by atoms with Crippen LogP contribution < -0.4 is 26.6 Å². The van der Waals surface area contributed by atoms with Crippen LogP contribution in [0.5, 0.6) is 0 Å². The van der Waals surface area contributed by atoms with Crippen LogP contribution in [-0.2, 0) is 19.1 Å². The van der Waals surface area contributed by atoms with Crippen molar-refractivity contribution in [1.29, 1.82) is 0 Å². The number of fused-ring (bicyclic) bond motifs is 1. The molecule has 5 fully saturated rings. The number of β-amino-alcohol motifs (C(OH)–C–C–N with tert-alkyl or cyclic N) is 1. The van der Waals surface area contributed by atoms with Gasteiger partial charge in [0.25, 0.3) is 0 Å². The summed E-state index contributed by atoms with van der Waals surface area (Å²) in [5.74, 6) is 1.68. The number of carbonyl (C=O) groups excluding carboxylic acids is 2. The predicted octanol–water partition coefficient (Wildman–Crippen LogP) is -1.00. The molecule has 4 saturated heterocycles. The smallest absolute Gasteiger partial charge is 0.237 e. The molecule has 12 heteroatoms. The van der Waals surface area contributed by atoms with Gasteiger partial charge >= 0.3 is 0 Å². The van der Waals surface area contributed by atoms with Crippen LogP contribution >= 0.6 is 0 Å². The lowest BCUT2D eigenvalue weighted by atomic mass is 9.74. The summed E-state index contributed by atoms with van der Waals surface area (Å²) in [7, 11) is 0. The fraction of sp³-hybridized carbons (Fsp3) is 0.931. The molecular formula is C29H53N7O5. The van der Waals surface area contributed by atoms with Crippen LogP contribution in [0.25, 0.3) is 0 Å². The van der Waals surface area contributed by atoms with E-state index in [9.17, 15) is 14.7 Å². The minimum absolute atomic E-state index is 0.000692. The molecule has 1 aliphatic carbocycles. The first-order valence-electron chi connectivity index (χ1n) is 15.9. The summed E-state index contributed by atoms with van der Waals surface area (Å²) < 4.78 is 11.8. The second kappa shape index (κ2) is 14.4. The fourth-order valence-corrected chi connectivity index (χ4v) is 7.14. The fourth-order valence-electron chi connectivity index (χ4n) is 7.14. The number of nitrogens with zero attached hydrogens (tertiary/aromatic N) is 2. The summed E-state index contributed by atoms with van der Waals surface area (Å²) in [6.45, 7) is 12.3. The third kappa shape index (κ3) is 8.60. The third-order valence-electron chi connectivity index (χ3n) is 9.67. The van der Waals surface area contributed by atoms with Crippen molar-refractivity contribution in [2.75, 3.05) is 59.2 Å². The SMILES string of the molecule is CC(=O)N1CC(NC2CC(C(=O)NC[C@H](O)CN3CCC4CC(OCC5CNCO5)CCC4C3)NC(C(C)C)N2)C1. The number of aliphatic hydroxyl groups excluding tert-OH is 1. The van der Waals surface area contributed by atoms with E-state index in [1.807, 2.05) is 4.90 Å². The number of piperidine rings is 1. The zero-order valence-corrected chi connectivity index (χ0v) is 25.1. The summed E-state index contributed by atoms with van der Waals surface area (Å²) in [5.41, 5.74) is 0. The minimum Gasteiger partial charge on any atom is -0.390 e. The standard InChI is InChI=1S/C29H53N7O5/c1-18(2)28-33-26(9-27(34-28)32-22-13-36(14-22)19(3)37)29(39)31-10-23(38)15-35-7-6-20-8-24(5-4-21(20)12-35)40-16-25-11-30-17-41-25/h18,20-28,30,32-34,38H,4-17H2,1-3H3,(H,31,39)/t20?,21?,23-,24?,25?,26?,27?,28?/m0/s1. The molecule has 7 unspecified atom stereocenters. The minimum atomic E-state index is -0.598. The van der Waals surface area contributed by atoms with Gasteiger partial charge in [-0.2, -0.15) is 0 Å². The number of hydrogen-bond acceptors (Lipinski definition) is 10. The van der Waals surface area contributed by atoms with E-state index in [4.69, 9.17) is 9.47 Å². The zero-order valence-electron chi connectivity index (χ0n) is 25.1. The Kier molecular flexibility index (Phi) is 10.9. The molecule has 0 aromatic rings. The van der Waals surface area contributed by atoms with E-state index in [0.717, 1.165) is 38.9 Å². The first kappa shape index (κ1) is 31.1.